The normalized spacial score (nSPS) is 11.7. The minimum absolute atomic E-state index is 1.08. The van der Waals surface area contributed by atoms with E-state index in [1.165, 1.54) is 32.3 Å². The number of benzene rings is 11. The third-order valence-corrected chi connectivity index (χ3v) is 14.2. The summed E-state index contributed by atoms with van der Waals surface area (Å²) in [7, 11) is 0. The molecule has 0 aliphatic heterocycles. The maximum atomic E-state index is 2.51. The molecule has 3 heterocycles. The van der Waals surface area contributed by atoms with E-state index in [1.807, 2.05) is 0 Å². The maximum absolute atomic E-state index is 2.51. The molecule has 0 aliphatic carbocycles. The summed E-state index contributed by atoms with van der Waals surface area (Å²) in [5.74, 6) is 0. The second kappa shape index (κ2) is 16.6. The molecule has 14 rings (SSSR count). The lowest BCUT2D eigenvalue weighted by molar-refractivity contribution is 1.05. The molecule has 11 aromatic carbocycles. The van der Waals surface area contributed by atoms with E-state index in [0.717, 1.165) is 84.3 Å². The van der Waals surface area contributed by atoms with Gasteiger partial charge in [-0.25, -0.2) is 0 Å². The molecule has 3 aromatic heterocycles. The van der Waals surface area contributed by atoms with Crippen LogP contribution in [0.5, 0.6) is 0 Å². The molecule has 0 bridgehead atoms. The highest BCUT2D eigenvalue weighted by Crippen LogP contribution is 2.46. The number of aromatic nitrogens is 3. The van der Waals surface area contributed by atoms with Crippen molar-refractivity contribution < 1.29 is 0 Å². The Bertz CT molecular complexity index is 3930. The second-order valence-corrected chi connectivity index (χ2v) is 18.1. The number of anilines is 6. The molecule has 334 valence electrons. The first kappa shape index (κ1) is 40.5. The van der Waals surface area contributed by atoms with Crippen LogP contribution in [0.1, 0.15) is 0 Å². The molecule has 0 aliphatic rings. The van der Waals surface area contributed by atoms with E-state index in [9.17, 15) is 0 Å². The number of hydrogen-bond acceptors (Lipinski definition) is 2. The minimum atomic E-state index is 1.08. The number of rotatable bonds is 9. The molecule has 0 unspecified atom stereocenters. The van der Waals surface area contributed by atoms with E-state index < -0.39 is 0 Å². The van der Waals surface area contributed by atoms with E-state index in [2.05, 4.69) is 296 Å². The average molecular weight is 908 g/mol. The fraction of sp³-hybridized carbons (Fsp3) is 0. The Labute approximate surface area is 411 Å². The summed E-state index contributed by atoms with van der Waals surface area (Å²) in [5.41, 5.74) is 16.7. The summed E-state index contributed by atoms with van der Waals surface area (Å²) in [6, 6.07) is 98.9. The first-order valence-corrected chi connectivity index (χ1v) is 24.3. The van der Waals surface area contributed by atoms with Crippen LogP contribution >= 0.6 is 0 Å². The van der Waals surface area contributed by atoms with E-state index in [-0.39, 0.29) is 0 Å². The molecule has 0 spiro atoms. The van der Waals surface area contributed by atoms with Crippen molar-refractivity contribution in [2.45, 2.75) is 0 Å². The predicted molar refractivity (Wildman–Crippen MR) is 299 cm³/mol. The number of nitrogens with zero attached hydrogens (tertiary/aromatic N) is 5. The van der Waals surface area contributed by atoms with Crippen molar-refractivity contribution in [2.75, 3.05) is 9.80 Å². The van der Waals surface area contributed by atoms with Gasteiger partial charge in [0.15, 0.2) is 0 Å². The number of fused-ring (bicyclic) bond motifs is 9. The molecule has 0 atom stereocenters. The smallest absolute Gasteiger partial charge is 0.0946 e. The SMILES string of the molecule is c1ccc(N(c2ccccc2)c2ccc3c(c2)c2ccccc2n3-c2cccc(-n3c4ccccc4c4cc(N(c5ccccc5)c5ccccc5)ccc43)c2-n2c3ccccc3c3ccccc32)cc1. The molecule has 5 nitrogen and oxygen atoms in total. The van der Waals surface area contributed by atoms with E-state index in [1.54, 1.807) is 0 Å². The van der Waals surface area contributed by atoms with Gasteiger partial charge in [-0.15, -0.1) is 0 Å². The van der Waals surface area contributed by atoms with Crippen LogP contribution in [0.15, 0.2) is 273 Å². The summed E-state index contributed by atoms with van der Waals surface area (Å²) in [4.78, 5) is 4.70. The van der Waals surface area contributed by atoms with Gasteiger partial charge in [0.2, 0.25) is 0 Å². The first-order valence-electron chi connectivity index (χ1n) is 24.3. The van der Waals surface area contributed by atoms with E-state index in [4.69, 9.17) is 0 Å². The van der Waals surface area contributed by atoms with Crippen LogP contribution in [-0.2, 0) is 0 Å². The van der Waals surface area contributed by atoms with E-state index >= 15 is 0 Å². The van der Waals surface area contributed by atoms with Gasteiger partial charge in [0.1, 0.15) is 0 Å². The van der Waals surface area contributed by atoms with Gasteiger partial charge >= 0.3 is 0 Å². The third kappa shape index (κ3) is 6.48. The zero-order valence-electron chi connectivity index (χ0n) is 38.7. The van der Waals surface area contributed by atoms with Crippen molar-refractivity contribution in [2.24, 2.45) is 0 Å². The van der Waals surface area contributed by atoms with Crippen molar-refractivity contribution in [1.82, 2.24) is 13.7 Å². The molecule has 14 aromatic rings. The number of para-hydroxylation sites is 9. The highest BCUT2D eigenvalue weighted by Gasteiger charge is 2.26. The van der Waals surface area contributed by atoms with Crippen molar-refractivity contribution in [3.63, 3.8) is 0 Å². The van der Waals surface area contributed by atoms with Gasteiger partial charge < -0.3 is 23.5 Å². The molecule has 0 saturated carbocycles. The molecular formula is C66H45N5. The van der Waals surface area contributed by atoms with Crippen molar-refractivity contribution in [3.05, 3.63) is 273 Å². The Balaban J connectivity index is 1.07. The molecule has 5 heteroatoms. The molecule has 0 saturated heterocycles. The highest BCUT2D eigenvalue weighted by molar-refractivity contribution is 6.14. The Morgan fingerprint density at radius 2 is 0.479 bits per heavy atom. The van der Waals surface area contributed by atoms with Gasteiger partial charge in [-0.2, -0.15) is 0 Å². The summed E-state index contributed by atoms with van der Waals surface area (Å²) in [5, 5.41) is 7.17. The largest absolute Gasteiger partial charge is 0.310 e. The fourth-order valence-electron chi connectivity index (χ4n) is 11.2. The topological polar surface area (TPSA) is 21.3 Å². The van der Waals surface area contributed by atoms with Crippen LogP contribution < -0.4 is 9.80 Å². The van der Waals surface area contributed by atoms with Crippen LogP contribution in [0.2, 0.25) is 0 Å². The van der Waals surface area contributed by atoms with Gasteiger partial charge in [0.25, 0.3) is 0 Å². The Morgan fingerprint density at radius 3 is 0.831 bits per heavy atom. The first-order chi connectivity index (χ1) is 35.3. The van der Waals surface area contributed by atoms with Crippen molar-refractivity contribution in [1.29, 1.82) is 0 Å². The summed E-state index contributed by atoms with van der Waals surface area (Å²) >= 11 is 0. The molecule has 0 N–H and O–H groups in total. The maximum Gasteiger partial charge on any atom is 0.0946 e. The monoisotopic (exact) mass is 907 g/mol. The van der Waals surface area contributed by atoms with E-state index in [0.29, 0.717) is 0 Å². The van der Waals surface area contributed by atoms with Gasteiger partial charge in [-0.1, -0.05) is 152 Å². The van der Waals surface area contributed by atoms with Gasteiger partial charge in [0.05, 0.1) is 50.2 Å². The lowest BCUT2D eigenvalue weighted by Crippen LogP contribution is -2.10. The highest BCUT2D eigenvalue weighted by atomic mass is 15.2. The Morgan fingerprint density at radius 1 is 0.197 bits per heavy atom. The minimum Gasteiger partial charge on any atom is -0.310 e. The standard InChI is InChI=1S/C66H45N5/c1-5-22-46(23-6-1)67(47-24-7-2-8-25-47)50-40-42-62-56(44-50)54-32-15-17-34-58(54)69(62)64-38-21-39-65(66(64)71-60-36-19-13-30-52(60)53-31-14-20-37-61(53)71)70-59-35-18-16-33-55(59)57-45-51(41-43-63(57)70)68(48-26-9-3-10-27-48)49-28-11-4-12-29-49/h1-45H. The van der Waals surface area contributed by atoms with Gasteiger partial charge in [-0.3, -0.25) is 0 Å². The predicted octanol–water partition coefficient (Wildman–Crippen LogP) is 17.9. The summed E-state index contributed by atoms with van der Waals surface area (Å²) in [6.07, 6.45) is 0. The second-order valence-electron chi connectivity index (χ2n) is 18.1. The van der Waals surface area contributed by atoms with Crippen LogP contribution in [0, 0.1) is 0 Å². The van der Waals surface area contributed by atoms with Crippen molar-refractivity contribution >= 4 is 99.5 Å². The fourth-order valence-corrected chi connectivity index (χ4v) is 11.2. The van der Waals surface area contributed by atoms with Crippen LogP contribution in [0.3, 0.4) is 0 Å². The Kier molecular flexibility index (Phi) is 9.46. The summed E-state index contributed by atoms with van der Waals surface area (Å²) in [6.45, 7) is 0. The van der Waals surface area contributed by atoms with Gasteiger partial charge in [-0.05, 0) is 121 Å². The quantitative estimate of drug-likeness (QED) is 0.144. The lowest BCUT2D eigenvalue weighted by Gasteiger charge is -2.26. The molecular weight excluding hydrogens is 863 g/mol. The lowest BCUT2D eigenvalue weighted by atomic mass is 10.1. The van der Waals surface area contributed by atoms with Crippen LogP contribution in [-0.4, -0.2) is 13.7 Å². The summed E-state index contributed by atoms with van der Waals surface area (Å²) < 4.78 is 7.50. The Hall–Kier alpha value is -9.58. The zero-order valence-corrected chi connectivity index (χ0v) is 38.7. The molecule has 0 amide bonds. The van der Waals surface area contributed by atoms with Gasteiger partial charge in [0, 0.05) is 66.4 Å². The van der Waals surface area contributed by atoms with Crippen LogP contribution in [0.4, 0.5) is 34.1 Å². The van der Waals surface area contributed by atoms with Crippen molar-refractivity contribution in [3.8, 4) is 17.1 Å². The average Bonchev–Trinajstić information content (AvgIpc) is 4.07. The zero-order chi connectivity index (χ0) is 46.8. The van der Waals surface area contributed by atoms with Crippen LogP contribution in [0.25, 0.3) is 82.5 Å². The third-order valence-electron chi connectivity index (χ3n) is 14.2. The molecule has 0 fully saturated rings. The number of hydrogen-bond donors (Lipinski definition) is 0. The molecule has 0 radical (unpaired) electrons. The molecule has 71 heavy (non-hydrogen) atoms.